The average Bonchev–Trinajstić information content (AvgIpc) is 3.00. The number of nitrogens with one attached hydrogen (secondary N) is 2. The Kier molecular flexibility index (Phi) is 5.08. The van der Waals surface area contributed by atoms with E-state index in [1.165, 1.54) is 0 Å². The molecule has 1 heterocycles. The molecule has 0 aliphatic heterocycles. The number of benzene rings is 2. The highest BCUT2D eigenvalue weighted by Crippen LogP contribution is 2.27. The lowest BCUT2D eigenvalue weighted by atomic mass is 10.2. The van der Waals surface area contributed by atoms with Gasteiger partial charge in [0.2, 0.25) is 4.77 Å². The molecule has 2 N–H and O–H groups in total. The molecule has 0 radical (unpaired) electrons. The fraction of sp³-hybridized carbons (Fsp3) is 0.111. The Hall–Kier alpha value is -2.86. The maximum atomic E-state index is 5.40. The zero-order chi connectivity index (χ0) is 16.8. The summed E-state index contributed by atoms with van der Waals surface area (Å²) < 4.78 is 7.66. The van der Waals surface area contributed by atoms with E-state index in [4.69, 9.17) is 17.0 Å². The summed E-state index contributed by atoms with van der Waals surface area (Å²) in [5.41, 5.74) is 5.28. The molecule has 0 aliphatic rings. The minimum Gasteiger partial charge on any atom is -0.496 e. The molecule has 3 rings (SSSR count). The molecule has 1 aromatic heterocycles. The van der Waals surface area contributed by atoms with Gasteiger partial charge in [0.25, 0.3) is 0 Å². The number of hydrogen-bond acceptors (Lipinski definition) is 4. The molecule has 24 heavy (non-hydrogen) atoms. The van der Waals surface area contributed by atoms with E-state index in [0.717, 1.165) is 16.9 Å². The van der Waals surface area contributed by atoms with Crippen molar-refractivity contribution in [3.05, 3.63) is 71.0 Å². The quantitative estimate of drug-likeness (QED) is 0.670. The number of para-hydroxylation sites is 1. The minimum absolute atomic E-state index is 0.504. The van der Waals surface area contributed by atoms with Crippen molar-refractivity contribution < 1.29 is 4.74 Å². The standard InChI is InChI=1S/C18H18N4OS/c1-23-16-12-6-5-11-15(16)17-20-21-18(24)22(17)19-13-7-10-14-8-3-2-4-9-14/h2-12,19H,13H2,1H3,(H,21,24)/b10-7+. The molecule has 3 aromatic rings. The van der Waals surface area contributed by atoms with Gasteiger partial charge in [-0.15, -0.1) is 0 Å². The van der Waals surface area contributed by atoms with Crippen LogP contribution in [0.2, 0.25) is 0 Å². The molecule has 122 valence electrons. The fourth-order valence-electron chi connectivity index (χ4n) is 2.36. The van der Waals surface area contributed by atoms with Crippen LogP contribution in [-0.4, -0.2) is 28.5 Å². The second-order valence-electron chi connectivity index (χ2n) is 5.06. The summed E-state index contributed by atoms with van der Waals surface area (Å²) in [5.74, 6) is 1.43. The molecule has 0 unspecified atom stereocenters. The zero-order valence-electron chi connectivity index (χ0n) is 13.3. The van der Waals surface area contributed by atoms with Crippen molar-refractivity contribution in [1.29, 1.82) is 0 Å². The molecule has 0 fully saturated rings. The Labute approximate surface area is 145 Å². The maximum Gasteiger partial charge on any atom is 0.214 e. The SMILES string of the molecule is COc1ccccc1-c1n[nH]c(=S)n1NC/C=C/c1ccccc1. The van der Waals surface area contributed by atoms with Gasteiger partial charge in [-0.2, -0.15) is 5.10 Å². The van der Waals surface area contributed by atoms with Crippen LogP contribution in [0.25, 0.3) is 17.5 Å². The van der Waals surface area contributed by atoms with Crippen molar-refractivity contribution in [3.63, 3.8) is 0 Å². The van der Waals surface area contributed by atoms with Crippen LogP contribution in [0.5, 0.6) is 5.75 Å². The molecule has 0 amide bonds. The van der Waals surface area contributed by atoms with Crippen LogP contribution >= 0.6 is 12.2 Å². The second kappa shape index (κ2) is 7.61. The highest BCUT2D eigenvalue weighted by Gasteiger charge is 2.12. The molecule has 2 aromatic carbocycles. The third-order valence-electron chi connectivity index (χ3n) is 3.50. The first-order valence-electron chi connectivity index (χ1n) is 7.56. The first kappa shape index (κ1) is 16.0. The molecule has 0 bridgehead atoms. The lowest BCUT2D eigenvalue weighted by molar-refractivity contribution is 0.416. The molecule has 6 heteroatoms. The number of methoxy groups -OCH3 is 1. The average molecular weight is 338 g/mol. The van der Waals surface area contributed by atoms with E-state index in [9.17, 15) is 0 Å². The highest BCUT2D eigenvalue weighted by atomic mass is 32.1. The summed E-state index contributed by atoms with van der Waals surface area (Å²) in [6.07, 6.45) is 4.09. The van der Waals surface area contributed by atoms with Gasteiger partial charge in [-0.25, -0.2) is 9.77 Å². The molecule has 0 saturated heterocycles. The van der Waals surface area contributed by atoms with Crippen molar-refractivity contribution >= 4 is 18.3 Å². The number of nitrogens with zero attached hydrogens (tertiary/aromatic N) is 2. The van der Waals surface area contributed by atoms with Crippen molar-refractivity contribution in [2.75, 3.05) is 19.1 Å². The second-order valence-corrected chi connectivity index (χ2v) is 5.45. The summed E-state index contributed by atoms with van der Waals surface area (Å²) in [5, 5.41) is 7.13. The van der Waals surface area contributed by atoms with Crippen molar-refractivity contribution in [1.82, 2.24) is 14.9 Å². The van der Waals surface area contributed by atoms with E-state index in [1.54, 1.807) is 11.8 Å². The Morgan fingerprint density at radius 3 is 2.71 bits per heavy atom. The topological polar surface area (TPSA) is 54.9 Å². The van der Waals surface area contributed by atoms with E-state index >= 15 is 0 Å². The number of aromatic nitrogens is 3. The lowest BCUT2D eigenvalue weighted by Gasteiger charge is -2.10. The van der Waals surface area contributed by atoms with Crippen LogP contribution < -0.4 is 10.2 Å². The monoisotopic (exact) mass is 338 g/mol. The van der Waals surface area contributed by atoms with Crippen LogP contribution in [0.4, 0.5) is 0 Å². The molecular formula is C18H18N4OS. The van der Waals surface area contributed by atoms with Gasteiger partial charge in [0.15, 0.2) is 5.82 Å². The highest BCUT2D eigenvalue weighted by molar-refractivity contribution is 7.71. The van der Waals surface area contributed by atoms with Crippen LogP contribution in [0, 0.1) is 4.77 Å². The fourth-order valence-corrected chi connectivity index (χ4v) is 2.55. The van der Waals surface area contributed by atoms with Crippen LogP contribution in [-0.2, 0) is 0 Å². The molecule has 0 saturated carbocycles. The molecular weight excluding hydrogens is 320 g/mol. The summed E-state index contributed by atoms with van der Waals surface area (Å²) >= 11 is 5.31. The van der Waals surface area contributed by atoms with Gasteiger partial charge in [-0.05, 0) is 29.9 Å². The Bertz CT molecular complexity index is 883. The minimum atomic E-state index is 0.504. The Morgan fingerprint density at radius 2 is 1.92 bits per heavy atom. The van der Waals surface area contributed by atoms with E-state index in [1.807, 2.05) is 48.5 Å². The zero-order valence-corrected chi connectivity index (χ0v) is 14.1. The van der Waals surface area contributed by atoms with E-state index in [0.29, 0.717) is 17.1 Å². The molecule has 0 atom stereocenters. The summed E-state index contributed by atoms with van der Waals surface area (Å²) in [7, 11) is 1.64. The summed E-state index contributed by atoms with van der Waals surface area (Å²) in [6, 6.07) is 17.8. The normalized spacial score (nSPS) is 10.9. The molecule has 0 aliphatic carbocycles. The van der Waals surface area contributed by atoms with Crippen LogP contribution in [0.3, 0.4) is 0 Å². The third-order valence-corrected chi connectivity index (χ3v) is 3.77. The number of rotatable bonds is 6. The van der Waals surface area contributed by atoms with Gasteiger partial charge in [0, 0.05) is 6.54 Å². The predicted octanol–water partition coefficient (Wildman–Crippen LogP) is 3.87. The summed E-state index contributed by atoms with van der Waals surface area (Å²) in [4.78, 5) is 0. The van der Waals surface area contributed by atoms with Gasteiger partial charge >= 0.3 is 0 Å². The van der Waals surface area contributed by atoms with E-state index < -0.39 is 0 Å². The van der Waals surface area contributed by atoms with Gasteiger partial charge < -0.3 is 10.2 Å². The van der Waals surface area contributed by atoms with Gasteiger partial charge in [0.05, 0.1) is 12.7 Å². The van der Waals surface area contributed by atoms with Crippen LogP contribution in [0.15, 0.2) is 60.7 Å². The smallest absolute Gasteiger partial charge is 0.214 e. The summed E-state index contributed by atoms with van der Waals surface area (Å²) in [6.45, 7) is 0.616. The first-order chi connectivity index (χ1) is 11.8. The van der Waals surface area contributed by atoms with Crippen molar-refractivity contribution in [2.45, 2.75) is 0 Å². The van der Waals surface area contributed by atoms with Crippen molar-refractivity contribution in [3.8, 4) is 17.1 Å². The van der Waals surface area contributed by atoms with Gasteiger partial charge in [-0.3, -0.25) is 0 Å². The number of hydrogen-bond donors (Lipinski definition) is 2. The number of H-pyrrole nitrogens is 1. The number of aromatic amines is 1. The third kappa shape index (κ3) is 3.55. The maximum absolute atomic E-state index is 5.40. The molecule has 5 nitrogen and oxygen atoms in total. The lowest BCUT2D eigenvalue weighted by Crippen LogP contribution is -2.16. The molecule has 0 spiro atoms. The van der Waals surface area contributed by atoms with Crippen molar-refractivity contribution in [2.24, 2.45) is 0 Å². The van der Waals surface area contributed by atoms with Crippen LogP contribution in [0.1, 0.15) is 5.56 Å². The van der Waals surface area contributed by atoms with Gasteiger partial charge in [0.1, 0.15) is 5.75 Å². The number of ether oxygens (including phenoxy) is 1. The Balaban J connectivity index is 1.78. The van der Waals surface area contributed by atoms with E-state index in [2.05, 4.69) is 33.8 Å². The van der Waals surface area contributed by atoms with E-state index in [-0.39, 0.29) is 0 Å². The predicted molar refractivity (Wildman–Crippen MR) is 99.1 cm³/mol. The Morgan fingerprint density at radius 1 is 1.17 bits per heavy atom. The first-order valence-corrected chi connectivity index (χ1v) is 7.96. The largest absolute Gasteiger partial charge is 0.496 e. The van der Waals surface area contributed by atoms with Gasteiger partial charge in [-0.1, -0.05) is 54.6 Å².